The molecule has 0 heterocycles. The molecule has 0 aromatic heterocycles. The summed E-state index contributed by atoms with van der Waals surface area (Å²) >= 11 is 0. The Balaban J connectivity index is 3.56. The lowest BCUT2D eigenvalue weighted by Gasteiger charge is -2.03. The van der Waals surface area contributed by atoms with E-state index in [2.05, 4.69) is 24.8 Å². The molecule has 0 rings (SSSR count). The largest absolute Gasteiger partial charge is 0.411 e. The monoisotopic (exact) mass is 117 g/mol. The van der Waals surface area contributed by atoms with Gasteiger partial charge in [-0.15, -0.1) is 5.16 Å². The van der Waals surface area contributed by atoms with Gasteiger partial charge in [-0.3, -0.25) is 0 Å². The first-order valence-corrected chi connectivity index (χ1v) is 5.82. The predicted molar refractivity (Wildman–Crippen MR) is 33.6 cm³/mol. The lowest BCUT2D eigenvalue weighted by atomic mass is 11.7. The maximum atomic E-state index is 8.01. The topological polar surface area (TPSA) is 32.6 Å². The summed E-state index contributed by atoms with van der Waals surface area (Å²) in [5.41, 5.74) is 0. The van der Waals surface area contributed by atoms with Gasteiger partial charge in [-0.1, -0.05) is 19.6 Å². The number of oxime groups is 1. The molecule has 0 fully saturated rings. The fourth-order valence-corrected chi connectivity index (χ4v) is 0.520. The molecule has 0 aliphatic heterocycles. The molecule has 0 aromatic carbocycles. The smallest absolute Gasteiger partial charge is 0.0961 e. The second kappa shape index (κ2) is 2.11. The minimum absolute atomic E-state index is 1.20. The highest BCUT2D eigenvalue weighted by molar-refractivity contribution is 6.99. The van der Waals surface area contributed by atoms with Crippen molar-refractivity contribution in [3.63, 3.8) is 0 Å². The van der Waals surface area contributed by atoms with Crippen molar-refractivity contribution in [2.24, 2.45) is 5.16 Å². The Bertz CT molecular complexity index is 74.2. The van der Waals surface area contributed by atoms with E-state index in [-0.39, 0.29) is 0 Å². The second-order valence-corrected chi connectivity index (χ2v) is 7.60. The van der Waals surface area contributed by atoms with Gasteiger partial charge >= 0.3 is 0 Å². The summed E-state index contributed by atoms with van der Waals surface area (Å²) in [7, 11) is -1.20. The van der Waals surface area contributed by atoms with Crippen LogP contribution in [0.4, 0.5) is 0 Å². The highest BCUT2D eigenvalue weighted by atomic mass is 28.3. The van der Waals surface area contributed by atoms with Crippen LogP contribution in [0.15, 0.2) is 5.16 Å². The van der Waals surface area contributed by atoms with Crippen molar-refractivity contribution in [3.05, 3.63) is 0 Å². The Morgan fingerprint density at radius 3 is 1.86 bits per heavy atom. The van der Waals surface area contributed by atoms with E-state index in [4.69, 9.17) is 5.21 Å². The Morgan fingerprint density at radius 2 is 1.86 bits per heavy atom. The maximum absolute atomic E-state index is 8.01. The fourth-order valence-electron chi connectivity index (χ4n) is 0.173. The van der Waals surface area contributed by atoms with Gasteiger partial charge < -0.3 is 5.21 Å². The zero-order chi connectivity index (χ0) is 5.91. The number of rotatable bonds is 1. The van der Waals surface area contributed by atoms with Crippen molar-refractivity contribution >= 4 is 13.9 Å². The van der Waals surface area contributed by atoms with Crippen LogP contribution >= 0.6 is 0 Å². The van der Waals surface area contributed by atoms with Crippen molar-refractivity contribution in [1.82, 2.24) is 0 Å². The molecule has 0 bridgehead atoms. The third kappa shape index (κ3) is 5.69. The van der Waals surface area contributed by atoms with E-state index >= 15 is 0 Å². The third-order valence-corrected chi connectivity index (χ3v) is 1.34. The summed E-state index contributed by atoms with van der Waals surface area (Å²) in [4.78, 5) is 0. The molecule has 0 saturated heterocycles. The summed E-state index contributed by atoms with van der Waals surface area (Å²) < 4.78 is 0. The maximum Gasteiger partial charge on any atom is 0.0961 e. The van der Waals surface area contributed by atoms with Crippen LogP contribution in [-0.2, 0) is 0 Å². The average molecular weight is 117 g/mol. The molecule has 0 atom stereocenters. The highest BCUT2D eigenvalue weighted by Gasteiger charge is 2.07. The Labute approximate surface area is 44.9 Å². The normalized spacial score (nSPS) is 13.0. The van der Waals surface area contributed by atoms with Crippen LogP contribution in [0.3, 0.4) is 0 Å². The molecule has 0 aliphatic carbocycles. The molecule has 0 saturated carbocycles. The number of hydrogen-bond acceptors (Lipinski definition) is 2. The van der Waals surface area contributed by atoms with Crippen LogP contribution in [0.5, 0.6) is 0 Å². The van der Waals surface area contributed by atoms with Crippen molar-refractivity contribution in [1.29, 1.82) is 0 Å². The predicted octanol–water partition coefficient (Wildman–Crippen LogP) is 1.32. The van der Waals surface area contributed by atoms with Crippen molar-refractivity contribution < 1.29 is 5.21 Å². The van der Waals surface area contributed by atoms with Gasteiger partial charge in [0, 0.05) is 5.84 Å². The third-order valence-electron chi connectivity index (χ3n) is 0.445. The van der Waals surface area contributed by atoms with Crippen molar-refractivity contribution in [2.45, 2.75) is 19.6 Å². The molecule has 2 nitrogen and oxygen atoms in total. The van der Waals surface area contributed by atoms with E-state index in [1.54, 1.807) is 5.84 Å². The van der Waals surface area contributed by atoms with E-state index in [0.29, 0.717) is 0 Å². The first-order chi connectivity index (χ1) is 3.06. The van der Waals surface area contributed by atoms with Crippen LogP contribution in [0.25, 0.3) is 0 Å². The van der Waals surface area contributed by atoms with Gasteiger partial charge in [0.15, 0.2) is 0 Å². The summed E-state index contributed by atoms with van der Waals surface area (Å²) in [5.74, 6) is 1.63. The lowest BCUT2D eigenvalue weighted by Crippen LogP contribution is -2.21. The standard InChI is InChI=1S/C4H11NOSi/c1-7(2,3)4-5-6/h4,6H,1-3H3. The zero-order valence-electron chi connectivity index (χ0n) is 4.97. The van der Waals surface area contributed by atoms with Crippen LogP contribution < -0.4 is 0 Å². The molecule has 0 unspecified atom stereocenters. The van der Waals surface area contributed by atoms with Gasteiger partial charge in [0.2, 0.25) is 0 Å². The van der Waals surface area contributed by atoms with Gasteiger partial charge in [-0.25, -0.2) is 0 Å². The minimum Gasteiger partial charge on any atom is -0.411 e. The molecule has 42 valence electrons. The second-order valence-electron chi connectivity index (χ2n) is 2.61. The number of nitrogens with zero attached hydrogens (tertiary/aromatic N) is 1. The lowest BCUT2D eigenvalue weighted by molar-refractivity contribution is 0.322. The van der Waals surface area contributed by atoms with Gasteiger partial charge in [-0.05, 0) is 0 Å². The van der Waals surface area contributed by atoms with Crippen LogP contribution in [0.2, 0.25) is 19.6 Å². The van der Waals surface area contributed by atoms with Gasteiger partial charge in [0.25, 0.3) is 0 Å². The molecule has 3 heteroatoms. The molecule has 0 spiro atoms. The summed E-state index contributed by atoms with van der Waals surface area (Å²) in [6.07, 6.45) is 0. The average Bonchev–Trinajstić information content (AvgIpc) is 1.30. The summed E-state index contributed by atoms with van der Waals surface area (Å²) in [6.45, 7) is 6.31. The fraction of sp³-hybridized carbons (Fsp3) is 0.750. The van der Waals surface area contributed by atoms with Crippen molar-refractivity contribution in [3.8, 4) is 0 Å². The van der Waals surface area contributed by atoms with E-state index in [0.717, 1.165) is 0 Å². The van der Waals surface area contributed by atoms with E-state index < -0.39 is 8.07 Å². The molecule has 1 N–H and O–H groups in total. The molecule has 0 amide bonds. The van der Waals surface area contributed by atoms with Gasteiger partial charge in [0.1, 0.15) is 0 Å². The summed E-state index contributed by atoms with van der Waals surface area (Å²) in [6, 6.07) is 0. The van der Waals surface area contributed by atoms with Crippen LogP contribution in [0, 0.1) is 0 Å². The Morgan fingerprint density at radius 1 is 1.43 bits per heavy atom. The molecule has 7 heavy (non-hydrogen) atoms. The molecule has 0 radical (unpaired) electrons. The van der Waals surface area contributed by atoms with E-state index in [1.165, 1.54) is 0 Å². The first-order valence-electron chi connectivity index (χ1n) is 2.25. The van der Waals surface area contributed by atoms with E-state index in [9.17, 15) is 0 Å². The molecule has 0 aromatic rings. The highest BCUT2D eigenvalue weighted by Crippen LogP contribution is 1.93. The van der Waals surface area contributed by atoms with Gasteiger partial charge in [0.05, 0.1) is 8.07 Å². The number of hydrogen-bond donors (Lipinski definition) is 1. The Kier molecular flexibility index (Phi) is 2.02. The summed E-state index contributed by atoms with van der Waals surface area (Å²) in [5, 5.41) is 10.9. The van der Waals surface area contributed by atoms with E-state index in [1.807, 2.05) is 0 Å². The molecular formula is C4H11NOSi. The minimum atomic E-state index is -1.20. The zero-order valence-corrected chi connectivity index (χ0v) is 5.97. The first kappa shape index (κ1) is 6.69. The SMILES string of the molecule is C[Si](C)(C)C=NO. The van der Waals surface area contributed by atoms with Crippen LogP contribution in [-0.4, -0.2) is 19.1 Å². The quantitative estimate of drug-likeness (QED) is 0.239. The van der Waals surface area contributed by atoms with Crippen LogP contribution in [0.1, 0.15) is 0 Å². The van der Waals surface area contributed by atoms with Gasteiger partial charge in [-0.2, -0.15) is 0 Å². The van der Waals surface area contributed by atoms with Crippen molar-refractivity contribution in [2.75, 3.05) is 0 Å². The Hall–Kier alpha value is -0.313. The molecular weight excluding hydrogens is 106 g/mol. The molecule has 0 aliphatic rings.